The van der Waals surface area contributed by atoms with E-state index in [1.54, 1.807) is 6.07 Å². The van der Waals surface area contributed by atoms with E-state index in [9.17, 15) is 4.39 Å². The van der Waals surface area contributed by atoms with E-state index in [2.05, 4.69) is 5.32 Å². The summed E-state index contributed by atoms with van der Waals surface area (Å²) in [6.07, 6.45) is 4.76. The highest BCUT2D eigenvalue weighted by Gasteiger charge is 2.34. The van der Waals surface area contributed by atoms with Crippen LogP contribution >= 0.6 is 0 Å². The normalized spacial score (nSPS) is 33.0. The fourth-order valence-electron chi connectivity index (χ4n) is 3.29. The summed E-state index contributed by atoms with van der Waals surface area (Å²) in [7, 11) is 0. The lowest BCUT2D eigenvalue weighted by atomic mass is 9.85. The maximum absolute atomic E-state index is 13.8. The van der Waals surface area contributed by atoms with E-state index in [-0.39, 0.29) is 5.82 Å². The third kappa shape index (κ3) is 1.75. The summed E-state index contributed by atoms with van der Waals surface area (Å²) in [6.45, 7) is 2.04. The molecule has 2 atom stereocenters. The van der Waals surface area contributed by atoms with Crippen LogP contribution in [0.15, 0.2) is 18.2 Å². The molecule has 0 aliphatic carbocycles. The van der Waals surface area contributed by atoms with Crippen molar-refractivity contribution in [1.29, 1.82) is 0 Å². The van der Waals surface area contributed by atoms with Crippen LogP contribution in [-0.4, -0.2) is 12.1 Å². The highest BCUT2D eigenvalue weighted by Crippen LogP contribution is 2.38. The Morgan fingerprint density at radius 1 is 1.19 bits per heavy atom. The lowest BCUT2D eigenvalue weighted by Gasteiger charge is -2.29. The van der Waals surface area contributed by atoms with E-state index < -0.39 is 0 Å². The molecular weight excluding hydrogens is 201 g/mol. The van der Waals surface area contributed by atoms with Crippen molar-refractivity contribution in [2.24, 2.45) is 0 Å². The average molecular weight is 219 g/mol. The molecule has 1 nitrogen and oxygen atoms in total. The molecule has 1 aromatic rings. The van der Waals surface area contributed by atoms with Gasteiger partial charge in [-0.1, -0.05) is 17.7 Å². The Balaban J connectivity index is 1.89. The summed E-state index contributed by atoms with van der Waals surface area (Å²) < 4.78 is 13.8. The van der Waals surface area contributed by atoms with Crippen LogP contribution in [0.2, 0.25) is 0 Å². The van der Waals surface area contributed by atoms with Gasteiger partial charge in [0, 0.05) is 12.1 Å². The smallest absolute Gasteiger partial charge is 0.126 e. The summed E-state index contributed by atoms with van der Waals surface area (Å²) >= 11 is 0. The standard InChI is InChI=1S/C14H18FN/c1-9-2-5-14(15)13(6-9)10-7-11-3-4-12(8-10)16-11/h2,5-6,10-12,16H,3-4,7-8H2,1H3. The molecule has 2 fully saturated rings. The van der Waals surface area contributed by atoms with Gasteiger partial charge in [0.15, 0.2) is 0 Å². The summed E-state index contributed by atoms with van der Waals surface area (Å²) in [6, 6.07) is 6.76. The summed E-state index contributed by atoms with van der Waals surface area (Å²) in [5.74, 6) is 0.413. The van der Waals surface area contributed by atoms with Crippen molar-refractivity contribution < 1.29 is 4.39 Å². The summed E-state index contributed by atoms with van der Waals surface area (Å²) in [4.78, 5) is 0. The van der Waals surface area contributed by atoms with Gasteiger partial charge in [-0.2, -0.15) is 0 Å². The minimum atomic E-state index is -0.0168. The molecule has 0 aromatic heterocycles. The van der Waals surface area contributed by atoms with E-state index >= 15 is 0 Å². The van der Waals surface area contributed by atoms with E-state index in [4.69, 9.17) is 0 Å². The second kappa shape index (κ2) is 3.85. The van der Waals surface area contributed by atoms with Crippen LogP contribution in [0.1, 0.15) is 42.7 Å². The van der Waals surface area contributed by atoms with Crippen molar-refractivity contribution in [3.63, 3.8) is 0 Å². The van der Waals surface area contributed by atoms with Crippen molar-refractivity contribution in [1.82, 2.24) is 5.32 Å². The molecule has 1 aromatic carbocycles. The van der Waals surface area contributed by atoms with Crippen molar-refractivity contribution in [2.45, 2.75) is 50.6 Å². The van der Waals surface area contributed by atoms with E-state index in [0.717, 1.165) is 18.4 Å². The van der Waals surface area contributed by atoms with E-state index in [1.165, 1.54) is 18.4 Å². The number of fused-ring (bicyclic) bond motifs is 2. The lowest BCUT2D eigenvalue weighted by Crippen LogP contribution is -2.37. The van der Waals surface area contributed by atoms with Gasteiger partial charge in [-0.05, 0) is 50.2 Å². The molecule has 1 N–H and O–H groups in total. The largest absolute Gasteiger partial charge is 0.311 e. The highest BCUT2D eigenvalue weighted by molar-refractivity contribution is 5.28. The van der Waals surface area contributed by atoms with Gasteiger partial charge in [0.25, 0.3) is 0 Å². The fraction of sp³-hybridized carbons (Fsp3) is 0.571. The maximum Gasteiger partial charge on any atom is 0.126 e. The molecule has 2 bridgehead atoms. The Hall–Kier alpha value is -0.890. The van der Waals surface area contributed by atoms with Crippen LogP contribution in [0, 0.1) is 12.7 Å². The number of aryl methyl sites for hydroxylation is 1. The molecular formula is C14H18FN. The first-order valence-corrected chi connectivity index (χ1v) is 6.24. The van der Waals surface area contributed by atoms with Crippen molar-refractivity contribution in [3.05, 3.63) is 35.1 Å². The van der Waals surface area contributed by atoms with Gasteiger partial charge in [-0.15, -0.1) is 0 Å². The van der Waals surface area contributed by atoms with Crippen LogP contribution < -0.4 is 5.32 Å². The molecule has 2 saturated heterocycles. The third-order valence-electron chi connectivity index (χ3n) is 4.06. The summed E-state index contributed by atoms with van der Waals surface area (Å²) in [5.41, 5.74) is 2.11. The fourth-order valence-corrected chi connectivity index (χ4v) is 3.29. The predicted molar refractivity (Wildman–Crippen MR) is 63.1 cm³/mol. The SMILES string of the molecule is Cc1ccc(F)c(C2CC3CCC(C2)N3)c1. The van der Waals surface area contributed by atoms with Crippen molar-refractivity contribution in [3.8, 4) is 0 Å². The Bertz CT molecular complexity index is 390. The van der Waals surface area contributed by atoms with Crippen LogP contribution in [0.4, 0.5) is 4.39 Å². The monoisotopic (exact) mass is 219 g/mol. The van der Waals surface area contributed by atoms with Crippen LogP contribution in [0.3, 0.4) is 0 Å². The maximum atomic E-state index is 13.8. The van der Waals surface area contributed by atoms with Crippen molar-refractivity contribution in [2.75, 3.05) is 0 Å². The Morgan fingerprint density at radius 3 is 2.56 bits per heavy atom. The molecule has 16 heavy (non-hydrogen) atoms. The van der Waals surface area contributed by atoms with E-state index in [0.29, 0.717) is 18.0 Å². The molecule has 0 radical (unpaired) electrons. The molecule has 0 spiro atoms. The Morgan fingerprint density at radius 2 is 1.88 bits per heavy atom. The predicted octanol–water partition coefficient (Wildman–Crippen LogP) is 3.13. The molecule has 2 heteroatoms. The lowest BCUT2D eigenvalue weighted by molar-refractivity contribution is 0.356. The molecule has 2 heterocycles. The minimum Gasteiger partial charge on any atom is -0.311 e. The van der Waals surface area contributed by atoms with E-state index in [1.807, 2.05) is 19.1 Å². The molecule has 86 valence electrons. The second-order valence-electron chi connectivity index (χ2n) is 5.33. The molecule has 2 aliphatic heterocycles. The topological polar surface area (TPSA) is 12.0 Å². The number of hydrogen-bond acceptors (Lipinski definition) is 1. The zero-order chi connectivity index (χ0) is 11.1. The van der Waals surface area contributed by atoms with Gasteiger partial charge in [-0.3, -0.25) is 0 Å². The third-order valence-corrected chi connectivity index (χ3v) is 4.06. The molecule has 3 rings (SSSR count). The van der Waals surface area contributed by atoms with Crippen molar-refractivity contribution >= 4 is 0 Å². The van der Waals surface area contributed by atoms with Gasteiger partial charge >= 0.3 is 0 Å². The molecule has 0 saturated carbocycles. The van der Waals surface area contributed by atoms with Gasteiger partial charge in [-0.25, -0.2) is 4.39 Å². The Kier molecular flexibility index (Phi) is 2.47. The van der Waals surface area contributed by atoms with Gasteiger partial charge in [0.1, 0.15) is 5.82 Å². The number of nitrogens with one attached hydrogen (secondary N) is 1. The minimum absolute atomic E-state index is 0.0168. The Labute approximate surface area is 96.1 Å². The summed E-state index contributed by atoms with van der Waals surface area (Å²) in [5, 5.41) is 3.60. The zero-order valence-electron chi connectivity index (χ0n) is 9.67. The molecule has 2 aliphatic rings. The first-order chi connectivity index (χ1) is 7.72. The van der Waals surface area contributed by atoms with Crippen LogP contribution in [0.25, 0.3) is 0 Å². The quantitative estimate of drug-likeness (QED) is 0.765. The average Bonchev–Trinajstić information content (AvgIpc) is 2.61. The number of rotatable bonds is 1. The highest BCUT2D eigenvalue weighted by atomic mass is 19.1. The first kappa shape index (κ1) is 10.3. The number of halogens is 1. The van der Waals surface area contributed by atoms with Crippen LogP contribution in [0.5, 0.6) is 0 Å². The number of benzene rings is 1. The molecule has 0 amide bonds. The first-order valence-electron chi connectivity index (χ1n) is 6.24. The van der Waals surface area contributed by atoms with Gasteiger partial charge < -0.3 is 5.32 Å². The number of hydrogen-bond donors (Lipinski definition) is 1. The number of piperidine rings is 1. The molecule has 2 unspecified atom stereocenters. The van der Waals surface area contributed by atoms with Crippen LogP contribution in [-0.2, 0) is 0 Å². The second-order valence-corrected chi connectivity index (χ2v) is 5.33. The van der Waals surface area contributed by atoms with Gasteiger partial charge in [0.05, 0.1) is 0 Å². The zero-order valence-corrected chi connectivity index (χ0v) is 9.67. The van der Waals surface area contributed by atoms with Gasteiger partial charge in [0.2, 0.25) is 0 Å².